The lowest BCUT2D eigenvalue weighted by molar-refractivity contribution is 0.0845. The highest BCUT2D eigenvalue weighted by Crippen LogP contribution is 2.45. The lowest BCUT2D eigenvalue weighted by atomic mass is 10.0. The summed E-state index contributed by atoms with van der Waals surface area (Å²) < 4.78 is 27.7. The monoisotopic (exact) mass is 703 g/mol. The van der Waals surface area contributed by atoms with Crippen LogP contribution in [0.1, 0.15) is 18.5 Å². The molecule has 0 unspecified atom stereocenters. The molecule has 2 aliphatic rings. The number of anilines is 5. The molecule has 7 rings (SSSR count). The Hall–Kier alpha value is -4.06. The van der Waals surface area contributed by atoms with E-state index < -0.39 is 7.14 Å². The normalized spacial score (nSPS) is 15.3. The standard InChI is InChI=1S/C32H35BrN9O3P/c1-41-26-7-12-42(19-8-13-45-14-9-19)27-16-28(44-2)25(15-20(27)21(26)17-37-41)39-32-36-18-22(33)31(40-32)38-24-6-5-23-29(35-11-10-34-23)30(24)46(3,4)43/h5-6,10-11,15-19H,7-9,12-14H2,1-4H3,(H2,36,38,39,40). The predicted octanol–water partition coefficient (Wildman–Crippen LogP) is 5.87. The number of nitrogens with one attached hydrogen (secondary N) is 2. The van der Waals surface area contributed by atoms with Gasteiger partial charge in [-0.15, -0.1) is 0 Å². The van der Waals surface area contributed by atoms with Crippen molar-refractivity contribution in [2.24, 2.45) is 7.05 Å². The average molecular weight is 705 g/mol. The summed E-state index contributed by atoms with van der Waals surface area (Å²) in [6.45, 7) is 5.87. The van der Waals surface area contributed by atoms with Crippen molar-refractivity contribution in [3.05, 3.63) is 59.2 Å². The molecule has 0 bridgehead atoms. The van der Waals surface area contributed by atoms with Gasteiger partial charge in [-0.2, -0.15) is 10.1 Å². The summed E-state index contributed by atoms with van der Waals surface area (Å²) in [7, 11) is 0.911. The van der Waals surface area contributed by atoms with Crippen LogP contribution in [0.4, 0.5) is 28.8 Å². The highest BCUT2D eigenvalue weighted by atomic mass is 79.9. The van der Waals surface area contributed by atoms with Crippen molar-refractivity contribution in [2.45, 2.75) is 25.3 Å². The molecule has 3 aromatic heterocycles. The Balaban J connectivity index is 1.27. The van der Waals surface area contributed by atoms with E-state index in [1.807, 2.05) is 30.1 Å². The molecule has 238 valence electrons. The van der Waals surface area contributed by atoms with Crippen LogP contribution in [0.2, 0.25) is 0 Å². The van der Waals surface area contributed by atoms with Crippen LogP contribution in [0, 0.1) is 0 Å². The molecule has 0 saturated carbocycles. The molecule has 0 amide bonds. The highest BCUT2D eigenvalue weighted by Gasteiger charge is 2.30. The number of fused-ring (bicyclic) bond motifs is 4. The van der Waals surface area contributed by atoms with E-state index in [9.17, 15) is 4.57 Å². The first-order chi connectivity index (χ1) is 22.2. The Morgan fingerprint density at radius 1 is 1.02 bits per heavy atom. The predicted molar refractivity (Wildman–Crippen MR) is 185 cm³/mol. The fourth-order valence-corrected chi connectivity index (χ4v) is 8.11. The van der Waals surface area contributed by atoms with Gasteiger partial charge in [0, 0.05) is 86.4 Å². The summed E-state index contributed by atoms with van der Waals surface area (Å²) in [6, 6.07) is 8.31. The number of methoxy groups -OCH3 is 1. The van der Waals surface area contributed by atoms with Crippen LogP contribution in [0.25, 0.3) is 22.2 Å². The number of rotatable bonds is 7. The molecule has 2 aromatic carbocycles. The summed E-state index contributed by atoms with van der Waals surface area (Å²) in [5.74, 6) is 1.55. The Kier molecular flexibility index (Phi) is 8.16. The van der Waals surface area contributed by atoms with Crippen molar-refractivity contribution in [3.63, 3.8) is 0 Å². The number of nitrogens with zero attached hydrogens (tertiary/aromatic N) is 7. The molecular formula is C32H35BrN9O3P. The van der Waals surface area contributed by atoms with Crippen LogP contribution in [0.15, 0.2) is 53.5 Å². The molecule has 5 heterocycles. The van der Waals surface area contributed by atoms with E-state index in [4.69, 9.17) is 14.5 Å². The lowest BCUT2D eigenvalue weighted by Gasteiger charge is -2.36. The van der Waals surface area contributed by atoms with E-state index in [-0.39, 0.29) is 0 Å². The maximum absolute atomic E-state index is 13.5. The number of aryl methyl sites for hydroxylation is 1. The molecule has 0 spiro atoms. The van der Waals surface area contributed by atoms with E-state index in [1.54, 1.807) is 39.0 Å². The Morgan fingerprint density at radius 3 is 2.61 bits per heavy atom. The van der Waals surface area contributed by atoms with Crippen molar-refractivity contribution in [3.8, 4) is 16.9 Å². The zero-order valence-electron chi connectivity index (χ0n) is 26.1. The second kappa shape index (κ2) is 12.3. The van der Waals surface area contributed by atoms with Crippen LogP contribution in [0.5, 0.6) is 5.75 Å². The zero-order valence-corrected chi connectivity index (χ0v) is 28.6. The molecule has 2 N–H and O–H groups in total. The smallest absolute Gasteiger partial charge is 0.229 e. The van der Waals surface area contributed by atoms with Crippen LogP contribution in [-0.2, 0) is 22.8 Å². The molecule has 1 saturated heterocycles. The number of hydrogen-bond donors (Lipinski definition) is 2. The number of aromatic nitrogens is 6. The van der Waals surface area contributed by atoms with E-state index in [2.05, 4.69) is 63.6 Å². The topological polar surface area (TPSA) is 132 Å². The summed E-state index contributed by atoms with van der Waals surface area (Å²) >= 11 is 3.59. The molecule has 1 fully saturated rings. The molecule has 0 aliphatic carbocycles. The third-order valence-corrected chi connectivity index (χ3v) is 10.7. The van der Waals surface area contributed by atoms with E-state index in [0.29, 0.717) is 50.1 Å². The van der Waals surface area contributed by atoms with Gasteiger partial charge >= 0.3 is 0 Å². The summed E-state index contributed by atoms with van der Waals surface area (Å²) in [6.07, 6.45) is 9.71. The fraction of sp³-hybridized carbons (Fsp3) is 0.344. The quantitative estimate of drug-likeness (QED) is 0.197. The first kappa shape index (κ1) is 30.6. The van der Waals surface area contributed by atoms with Gasteiger partial charge in [-0.05, 0) is 60.3 Å². The third kappa shape index (κ3) is 5.72. The minimum Gasteiger partial charge on any atom is -0.494 e. The Morgan fingerprint density at radius 2 is 1.83 bits per heavy atom. The van der Waals surface area contributed by atoms with Gasteiger partial charge in [0.1, 0.15) is 24.2 Å². The lowest BCUT2D eigenvalue weighted by Crippen LogP contribution is -2.40. The van der Waals surface area contributed by atoms with Crippen LogP contribution >= 0.6 is 23.1 Å². The van der Waals surface area contributed by atoms with Gasteiger partial charge in [0.05, 0.1) is 40.0 Å². The van der Waals surface area contributed by atoms with Gasteiger partial charge in [-0.3, -0.25) is 14.6 Å². The largest absolute Gasteiger partial charge is 0.494 e. The molecule has 12 nitrogen and oxygen atoms in total. The second-order valence-electron chi connectivity index (χ2n) is 11.9. The summed E-state index contributed by atoms with van der Waals surface area (Å²) in [4.78, 5) is 20.8. The molecule has 5 aromatic rings. The van der Waals surface area contributed by atoms with Crippen LogP contribution in [-0.4, -0.2) is 76.0 Å². The van der Waals surface area contributed by atoms with Crippen molar-refractivity contribution in [1.29, 1.82) is 0 Å². The average Bonchev–Trinajstić information content (AvgIpc) is 3.33. The van der Waals surface area contributed by atoms with E-state index >= 15 is 0 Å². The number of halogens is 1. The van der Waals surface area contributed by atoms with Crippen LogP contribution in [0.3, 0.4) is 0 Å². The summed E-state index contributed by atoms with van der Waals surface area (Å²) in [5, 5.41) is 12.0. The Bertz CT molecular complexity index is 1990. The molecule has 0 atom stereocenters. The van der Waals surface area contributed by atoms with Crippen LogP contribution < -0.4 is 25.6 Å². The van der Waals surface area contributed by atoms with Crippen molar-refractivity contribution >= 4 is 68.2 Å². The molecule has 0 radical (unpaired) electrons. The van der Waals surface area contributed by atoms with Gasteiger partial charge < -0.3 is 29.6 Å². The molecule has 46 heavy (non-hydrogen) atoms. The minimum absolute atomic E-state index is 0.364. The van der Waals surface area contributed by atoms with Crippen molar-refractivity contribution in [2.75, 3.05) is 55.7 Å². The van der Waals surface area contributed by atoms with Gasteiger partial charge in [0.25, 0.3) is 0 Å². The first-order valence-electron chi connectivity index (χ1n) is 15.1. The minimum atomic E-state index is -2.76. The van der Waals surface area contributed by atoms with Crippen molar-refractivity contribution < 1.29 is 14.0 Å². The maximum Gasteiger partial charge on any atom is 0.229 e. The zero-order chi connectivity index (χ0) is 32.0. The highest BCUT2D eigenvalue weighted by molar-refractivity contribution is 9.10. The van der Waals surface area contributed by atoms with Crippen molar-refractivity contribution in [1.82, 2.24) is 29.7 Å². The second-order valence-corrected chi connectivity index (χ2v) is 15.9. The fourth-order valence-electron chi connectivity index (χ4n) is 6.43. The number of benzene rings is 2. The maximum atomic E-state index is 13.5. The molecular weight excluding hydrogens is 669 g/mol. The molecule has 14 heteroatoms. The Labute approximate surface area is 275 Å². The van der Waals surface area contributed by atoms with E-state index in [0.717, 1.165) is 61.5 Å². The first-order valence-corrected chi connectivity index (χ1v) is 18.5. The summed E-state index contributed by atoms with van der Waals surface area (Å²) in [5.41, 5.74) is 7.15. The van der Waals surface area contributed by atoms with Gasteiger partial charge in [0.2, 0.25) is 5.95 Å². The third-order valence-electron chi connectivity index (χ3n) is 8.60. The van der Waals surface area contributed by atoms with E-state index in [1.165, 1.54) is 5.69 Å². The SMILES string of the molecule is COc1cc2c(cc1Nc1ncc(Br)c(Nc3ccc4nccnc4c3P(C)(C)=O)n1)-c1cnn(C)c1CCN2C1CCOCC1. The number of hydrogen-bond acceptors (Lipinski definition) is 11. The van der Waals surface area contributed by atoms with Gasteiger partial charge in [-0.1, -0.05) is 0 Å². The molecule has 2 aliphatic heterocycles. The number of ether oxygens (including phenoxy) is 2. The van der Waals surface area contributed by atoms with Gasteiger partial charge in [0.15, 0.2) is 0 Å². The van der Waals surface area contributed by atoms with Gasteiger partial charge in [-0.25, -0.2) is 4.98 Å².